The van der Waals surface area contributed by atoms with Gasteiger partial charge in [-0.25, -0.2) is 4.79 Å². The summed E-state index contributed by atoms with van der Waals surface area (Å²) in [6, 6.07) is 10.9. The molecule has 3 heterocycles. The first-order valence-electron chi connectivity index (χ1n) is 9.86. The number of benzene rings is 1. The van der Waals surface area contributed by atoms with Gasteiger partial charge in [-0.05, 0) is 43.3 Å². The number of carbonyl (C=O) groups is 2. The lowest BCUT2D eigenvalue weighted by molar-refractivity contribution is -0.129. The minimum Gasteiger partial charge on any atom is -0.450 e. The van der Waals surface area contributed by atoms with E-state index in [1.54, 1.807) is 33.4 Å². The van der Waals surface area contributed by atoms with Crippen LogP contribution in [-0.2, 0) is 9.53 Å². The van der Waals surface area contributed by atoms with Crippen LogP contribution in [0.3, 0.4) is 0 Å². The van der Waals surface area contributed by atoms with Crippen molar-refractivity contribution >= 4 is 41.0 Å². The second-order valence-electron chi connectivity index (χ2n) is 6.83. The van der Waals surface area contributed by atoms with Gasteiger partial charge in [-0.1, -0.05) is 23.4 Å². The second-order valence-corrected chi connectivity index (χ2v) is 8.26. The van der Waals surface area contributed by atoms with Crippen molar-refractivity contribution in [3.05, 3.63) is 41.4 Å². The van der Waals surface area contributed by atoms with Gasteiger partial charge in [0.1, 0.15) is 5.03 Å². The van der Waals surface area contributed by atoms with Crippen molar-refractivity contribution in [1.82, 2.24) is 29.6 Å². The SMILES string of the molecule is CCOC(=O)N1CCN(C(=O)CSc2ccc3nnc(-c4ccc(Cl)cc4)n3n2)CC1. The monoisotopic (exact) mass is 460 g/mol. The average molecular weight is 461 g/mol. The van der Waals surface area contributed by atoms with Crippen LogP contribution in [0.25, 0.3) is 17.0 Å². The predicted molar refractivity (Wildman–Crippen MR) is 117 cm³/mol. The molecule has 1 saturated heterocycles. The Morgan fingerprint density at radius 2 is 1.74 bits per heavy atom. The number of nitrogens with zero attached hydrogens (tertiary/aromatic N) is 6. The summed E-state index contributed by atoms with van der Waals surface area (Å²) in [4.78, 5) is 27.8. The molecule has 2 aromatic heterocycles. The molecule has 0 N–H and O–H groups in total. The van der Waals surface area contributed by atoms with E-state index in [0.717, 1.165) is 5.56 Å². The minimum atomic E-state index is -0.327. The number of fused-ring (bicyclic) bond motifs is 1. The Morgan fingerprint density at radius 3 is 2.45 bits per heavy atom. The Morgan fingerprint density at radius 1 is 1.03 bits per heavy atom. The minimum absolute atomic E-state index is 0.0112. The maximum absolute atomic E-state index is 12.6. The Kier molecular flexibility index (Phi) is 6.57. The van der Waals surface area contributed by atoms with Crippen LogP contribution < -0.4 is 0 Å². The quantitative estimate of drug-likeness (QED) is 0.540. The molecule has 0 atom stereocenters. The molecule has 0 spiro atoms. The number of hydrogen-bond acceptors (Lipinski definition) is 7. The molecule has 4 rings (SSSR count). The van der Waals surface area contributed by atoms with Gasteiger partial charge in [-0.3, -0.25) is 4.79 Å². The molecule has 162 valence electrons. The molecule has 11 heteroatoms. The van der Waals surface area contributed by atoms with Crippen molar-refractivity contribution in [1.29, 1.82) is 0 Å². The normalized spacial score (nSPS) is 14.1. The standard InChI is InChI=1S/C20H21ClN6O3S/c1-2-30-20(29)26-11-9-25(10-12-26)18(28)13-31-17-8-7-16-22-23-19(27(16)24-17)14-3-5-15(21)6-4-14/h3-8H,2,9-13H2,1H3. The number of rotatable bonds is 5. The molecule has 3 aromatic rings. The van der Waals surface area contributed by atoms with Gasteiger partial charge in [0.15, 0.2) is 11.5 Å². The summed E-state index contributed by atoms with van der Waals surface area (Å²) >= 11 is 7.32. The largest absolute Gasteiger partial charge is 0.450 e. The van der Waals surface area contributed by atoms with Gasteiger partial charge < -0.3 is 14.5 Å². The molecule has 0 unspecified atom stereocenters. The van der Waals surface area contributed by atoms with Crippen LogP contribution in [0.4, 0.5) is 4.79 Å². The Bertz CT molecular complexity index is 1080. The van der Waals surface area contributed by atoms with Crippen LogP contribution in [0.15, 0.2) is 41.4 Å². The van der Waals surface area contributed by atoms with Gasteiger partial charge in [0, 0.05) is 36.8 Å². The number of ether oxygens (including phenoxy) is 1. The van der Waals surface area contributed by atoms with E-state index in [4.69, 9.17) is 16.3 Å². The third kappa shape index (κ3) is 4.91. The Hall–Kier alpha value is -2.85. The van der Waals surface area contributed by atoms with E-state index in [-0.39, 0.29) is 17.8 Å². The summed E-state index contributed by atoms with van der Waals surface area (Å²) < 4.78 is 6.67. The van der Waals surface area contributed by atoms with Crippen molar-refractivity contribution in [2.45, 2.75) is 11.9 Å². The number of carbonyl (C=O) groups excluding carboxylic acids is 2. The van der Waals surface area contributed by atoms with Crippen molar-refractivity contribution in [3.8, 4) is 11.4 Å². The number of piperazine rings is 1. The predicted octanol–water partition coefficient (Wildman–Crippen LogP) is 2.84. The molecule has 2 amide bonds. The van der Waals surface area contributed by atoms with Gasteiger partial charge in [0.05, 0.1) is 12.4 Å². The fraction of sp³-hybridized carbons (Fsp3) is 0.350. The average Bonchev–Trinajstić information content (AvgIpc) is 3.21. The lowest BCUT2D eigenvalue weighted by Gasteiger charge is -2.34. The highest BCUT2D eigenvalue weighted by atomic mass is 35.5. The second kappa shape index (κ2) is 9.52. The molecule has 0 bridgehead atoms. The first-order valence-corrected chi connectivity index (χ1v) is 11.2. The summed E-state index contributed by atoms with van der Waals surface area (Å²) in [5.74, 6) is 0.878. The highest BCUT2D eigenvalue weighted by Crippen LogP contribution is 2.22. The van der Waals surface area contributed by atoms with Gasteiger partial charge >= 0.3 is 6.09 Å². The Balaban J connectivity index is 1.38. The molecule has 0 saturated carbocycles. The number of aromatic nitrogens is 4. The zero-order valence-electron chi connectivity index (χ0n) is 16.9. The molecule has 1 fully saturated rings. The highest BCUT2D eigenvalue weighted by molar-refractivity contribution is 7.99. The number of hydrogen-bond donors (Lipinski definition) is 0. The third-order valence-corrected chi connectivity index (χ3v) is 6.00. The van der Waals surface area contributed by atoms with Crippen molar-refractivity contribution in [3.63, 3.8) is 0 Å². The topological polar surface area (TPSA) is 92.9 Å². The molecule has 0 radical (unpaired) electrons. The smallest absolute Gasteiger partial charge is 0.409 e. The van der Waals surface area contributed by atoms with E-state index < -0.39 is 0 Å². The van der Waals surface area contributed by atoms with Crippen LogP contribution in [0, 0.1) is 0 Å². The molecule has 0 aliphatic carbocycles. The van der Waals surface area contributed by atoms with E-state index in [1.165, 1.54) is 11.8 Å². The van der Waals surface area contributed by atoms with E-state index in [2.05, 4.69) is 15.3 Å². The summed E-state index contributed by atoms with van der Waals surface area (Å²) in [5, 5.41) is 14.3. The zero-order chi connectivity index (χ0) is 21.8. The molecule has 1 aliphatic rings. The molecule has 1 aromatic carbocycles. The van der Waals surface area contributed by atoms with E-state index >= 15 is 0 Å². The maximum atomic E-state index is 12.6. The summed E-state index contributed by atoms with van der Waals surface area (Å²) in [7, 11) is 0. The highest BCUT2D eigenvalue weighted by Gasteiger charge is 2.24. The van der Waals surface area contributed by atoms with E-state index in [1.807, 2.05) is 24.3 Å². The molecule has 9 nitrogen and oxygen atoms in total. The van der Waals surface area contributed by atoms with Crippen molar-refractivity contribution in [2.75, 3.05) is 38.5 Å². The van der Waals surface area contributed by atoms with Gasteiger partial charge in [0.2, 0.25) is 5.91 Å². The molecule has 31 heavy (non-hydrogen) atoms. The summed E-state index contributed by atoms with van der Waals surface area (Å²) in [6.07, 6.45) is -0.327. The maximum Gasteiger partial charge on any atom is 0.409 e. The van der Waals surface area contributed by atoms with Gasteiger partial charge in [-0.2, -0.15) is 9.61 Å². The van der Waals surface area contributed by atoms with Crippen LogP contribution in [-0.4, -0.2) is 80.2 Å². The number of halogens is 1. The number of thioether (sulfide) groups is 1. The van der Waals surface area contributed by atoms with Crippen molar-refractivity contribution in [2.24, 2.45) is 0 Å². The first-order chi connectivity index (χ1) is 15.0. The van der Waals surface area contributed by atoms with Gasteiger partial charge in [-0.15, -0.1) is 10.2 Å². The van der Waals surface area contributed by atoms with Crippen LogP contribution in [0.2, 0.25) is 5.02 Å². The number of amides is 2. The van der Waals surface area contributed by atoms with Crippen LogP contribution >= 0.6 is 23.4 Å². The van der Waals surface area contributed by atoms with Crippen LogP contribution in [0.5, 0.6) is 0 Å². The molecule has 1 aliphatic heterocycles. The van der Waals surface area contributed by atoms with E-state index in [0.29, 0.717) is 54.3 Å². The fourth-order valence-corrected chi connectivity index (χ4v) is 4.09. The third-order valence-electron chi connectivity index (χ3n) is 4.84. The van der Waals surface area contributed by atoms with Crippen LogP contribution in [0.1, 0.15) is 6.92 Å². The lowest BCUT2D eigenvalue weighted by atomic mass is 10.2. The molecular formula is C20H21ClN6O3S. The van der Waals surface area contributed by atoms with E-state index in [9.17, 15) is 9.59 Å². The van der Waals surface area contributed by atoms with Gasteiger partial charge in [0.25, 0.3) is 0 Å². The summed E-state index contributed by atoms with van der Waals surface area (Å²) in [5.41, 5.74) is 1.47. The fourth-order valence-electron chi connectivity index (χ4n) is 3.21. The first kappa shape index (κ1) is 21.4. The lowest BCUT2D eigenvalue weighted by Crippen LogP contribution is -2.51. The van der Waals surface area contributed by atoms with Crippen molar-refractivity contribution < 1.29 is 14.3 Å². The Labute approximate surface area is 188 Å². The summed E-state index contributed by atoms with van der Waals surface area (Å²) in [6.45, 7) is 4.07. The zero-order valence-corrected chi connectivity index (χ0v) is 18.5. The molecular weight excluding hydrogens is 440 g/mol.